The molecule has 0 bridgehead atoms. The minimum Gasteiger partial charge on any atom is -0.356 e. The van der Waals surface area contributed by atoms with E-state index >= 15 is 0 Å². The van der Waals surface area contributed by atoms with E-state index in [1.807, 2.05) is 38.0 Å². The predicted octanol–water partition coefficient (Wildman–Crippen LogP) is 3.18. The second kappa shape index (κ2) is 13.5. The van der Waals surface area contributed by atoms with Crippen LogP contribution in [0.4, 0.5) is 10.1 Å². The Balaban J connectivity index is 0.000000436. The van der Waals surface area contributed by atoms with Crippen LogP contribution in [0.3, 0.4) is 0 Å². The fourth-order valence-electron chi connectivity index (χ4n) is 4.34. The van der Waals surface area contributed by atoms with Gasteiger partial charge in [-0.15, -0.1) is 0 Å². The lowest BCUT2D eigenvalue weighted by molar-refractivity contribution is -0.145. The van der Waals surface area contributed by atoms with Crippen LogP contribution in [0.5, 0.6) is 0 Å². The lowest BCUT2D eigenvalue weighted by atomic mass is 10.1. The maximum atomic E-state index is 13.5. The third-order valence-electron chi connectivity index (χ3n) is 6.52. The van der Waals surface area contributed by atoms with Crippen molar-refractivity contribution in [3.63, 3.8) is 0 Å². The van der Waals surface area contributed by atoms with E-state index in [0.717, 1.165) is 52.8 Å². The van der Waals surface area contributed by atoms with E-state index in [4.69, 9.17) is 4.52 Å². The van der Waals surface area contributed by atoms with Crippen molar-refractivity contribution in [2.45, 2.75) is 46.8 Å². The first kappa shape index (κ1) is 29.2. The Labute approximate surface area is 223 Å². The van der Waals surface area contributed by atoms with Gasteiger partial charge in [-0.25, -0.2) is 9.40 Å². The maximum Gasteiger partial charge on any atom is 0.256 e. The predicted molar refractivity (Wildman–Crippen MR) is 147 cm³/mol. The van der Waals surface area contributed by atoms with E-state index in [2.05, 4.69) is 29.6 Å². The largest absolute Gasteiger partial charge is 0.356 e. The Kier molecular flexibility index (Phi) is 10.3. The van der Waals surface area contributed by atoms with Gasteiger partial charge in [0, 0.05) is 50.3 Å². The molecule has 9 nitrogen and oxygen atoms in total. The lowest BCUT2D eigenvalue weighted by Gasteiger charge is -2.31. The van der Waals surface area contributed by atoms with Gasteiger partial charge in [0.15, 0.2) is 5.58 Å². The number of nitrogens with one attached hydrogen (secondary N) is 2. The number of aldehydes is 1. The van der Waals surface area contributed by atoms with Crippen LogP contribution in [0, 0.1) is 19.7 Å². The number of carbonyl (C=O) groups is 2. The number of anilines is 1. The maximum absolute atomic E-state index is 13.5. The molecule has 1 aliphatic heterocycles. The molecule has 2 heterocycles. The summed E-state index contributed by atoms with van der Waals surface area (Å²) in [5, 5.41) is 14.6. The molecule has 0 saturated carbocycles. The number of likely N-dealkylation sites (N-methyl/N-ethyl adjacent to an activating group) is 2. The van der Waals surface area contributed by atoms with E-state index in [9.17, 15) is 14.0 Å². The number of rotatable bonds is 10. The Morgan fingerprint density at radius 2 is 1.92 bits per heavy atom. The monoisotopic (exact) mass is 526 g/mol. The third kappa shape index (κ3) is 7.37. The zero-order valence-corrected chi connectivity index (χ0v) is 23.2. The summed E-state index contributed by atoms with van der Waals surface area (Å²) in [5.74, 6) is -0.441. The van der Waals surface area contributed by atoms with Gasteiger partial charge in [-0.2, -0.15) is 0 Å². The summed E-state index contributed by atoms with van der Waals surface area (Å²) in [6.45, 7) is 11.3. The number of aryl methyl sites for hydroxylation is 2. The summed E-state index contributed by atoms with van der Waals surface area (Å²) in [5.41, 5.74) is 4.98. The molecule has 0 saturated heterocycles. The third-order valence-corrected chi connectivity index (χ3v) is 6.52. The summed E-state index contributed by atoms with van der Waals surface area (Å²) in [7, 11) is 3.66. The van der Waals surface area contributed by atoms with E-state index < -0.39 is 0 Å². The first-order chi connectivity index (χ1) is 18.1. The molecular formula is C28H39FN6O3. The molecule has 10 heteroatoms. The number of fused-ring (bicyclic) bond motifs is 2. The van der Waals surface area contributed by atoms with Crippen molar-refractivity contribution in [3.8, 4) is 0 Å². The highest BCUT2D eigenvalue weighted by Crippen LogP contribution is 2.29. The molecule has 206 valence electrons. The average molecular weight is 527 g/mol. The van der Waals surface area contributed by atoms with E-state index in [-0.39, 0.29) is 24.8 Å². The van der Waals surface area contributed by atoms with Gasteiger partial charge >= 0.3 is 0 Å². The van der Waals surface area contributed by atoms with Gasteiger partial charge in [-0.1, -0.05) is 25.1 Å². The zero-order chi connectivity index (χ0) is 27.8. The smallest absolute Gasteiger partial charge is 0.256 e. The first-order valence-corrected chi connectivity index (χ1v) is 12.9. The molecule has 1 aromatic heterocycles. The van der Waals surface area contributed by atoms with Crippen molar-refractivity contribution in [1.82, 2.24) is 25.8 Å². The van der Waals surface area contributed by atoms with Crippen LogP contribution in [-0.4, -0.2) is 73.7 Å². The summed E-state index contributed by atoms with van der Waals surface area (Å²) < 4.78 is 18.8. The van der Waals surface area contributed by atoms with Crippen LogP contribution >= 0.6 is 0 Å². The summed E-state index contributed by atoms with van der Waals surface area (Å²) in [6.07, 6.45) is 0.784. The second-order valence-electron chi connectivity index (χ2n) is 9.82. The second-order valence-corrected chi connectivity index (χ2v) is 9.82. The van der Waals surface area contributed by atoms with Gasteiger partial charge in [0.2, 0.25) is 0 Å². The lowest BCUT2D eigenvalue weighted by Crippen LogP contribution is -2.46. The van der Waals surface area contributed by atoms with Crippen molar-refractivity contribution in [2.24, 2.45) is 0 Å². The molecular weight excluding hydrogens is 487 g/mol. The topological polar surface area (TPSA) is 93.9 Å². The molecule has 0 unspecified atom stereocenters. The number of benzene rings is 2. The van der Waals surface area contributed by atoms with Gasteiger partial charge in [0.25, 0.3) is 5.91 Å². The molecule has 0 fully saturated rings. The van der Waals surface area contributed by atoms with Crippen molar-refractivity contribution in [3.05, 3.63) is 58.5 Å². The minimum atomic E-state index is -0.281. The average Bonchev–Trinajstić information content (AvgIpc) is 3.45. The number of carbonyl (C=O) groups excluding carboxylic acids is 2. The number of halogens is 1. The number of hydrazine groups is 1. The van der Waals surface area contributed by atoms with Crippen LogP contribution in [-0.2, 0) is 22.7 Å². The Morgan fingerprint density at radius 3 is 2.61 bits per heavy atom. The molecule has 0 atom stereocenters. The van der Waals surface area contributed by atoms with E-state index in [0.29, 0.717) is 24.7 Å². The number of amides is 1. The van der Waals surface area contributed by atoms with Crippen molar-refractivity contribution in [1.29, 1.82) is 0 Å². The number of hydrogen-bond acceptors (Lipinski definition) is 8. The summed E-state index contributed by atoms with van der Waals surface area (Å²) >= 11 is 0. The molecule has 4 rings (SSSR count). The normalized spacial score (nSPS) is 12.8. The highest BCUT2D eigenvalue weighted by atomic mass is 19.1. The highest BCUT2D eigenvalue weighted by Gasteiger charge is 2.27. The molecule has 2 N–H and O–H groups in total. The van der Waals surface area contributed by atoms with Gasteiger partial charge in [0.05, 0.1) is 18.8 Å². The van der Waals surface area contributed by atoms with Gasteiger partial charge in [-0.05, 0) is 61.9 Å². The summed E-state index contributed by atoms with van der Waals surface area (Å²) in [4.78, 5) is 26.1. The summed E-state index contributed by atoms with van der Waals surface area (Å²) in [6, 6.07) is 9.07. The Morgan fingerprint density at radius 1 is 1.18 bits per heavy atom. The molecule has 38 heavy (non-hydrogen) atoms. The van der Waals surface area contributed by atoms with E-state index in [1.165, 1.54) is 12.1 Å². The highest BCUT2D eigenvalue weighted by molar-refractivity contribution is 5.88. The van der Waals surface area contributed by atoms with Gasteiger partial charge in [-0.3, -0.25) is 9.80 Å². The quantitative estimate of drug-likeness (QED) is 0.307. The Hall–Kier alpha value is -3.34. The molecule has 0 spiro atoms. The number of hydrogen-bond donors (Lipinski definition) is 2. The molecule has 1 aliphatic rings. The van der Waals surface area contributed by atoms with Crippen molar-refractivity contribution < 1.29 is 18.5 Å². The van der Waals surface area contributed by atoms with E-state index in [1.54, 1.807) is 23.0 Å². The van der Waals surface area contributed by atoms with Crippen molar-refractivity contribution >= 4 is 28.8 Å². The standard InChI is InChI=1S/C22H23FN4O3.C6H16N2/c1-14-8-21-19(15(2)24-30-21)10-20(14)26(6-7-28)13-22(29)25(3)27-11-16-4-5-18(23)9-17(16)12-27;1-6(2)8-5-4-7-3/h4-5,7-10H,6,11-13H2,1-3H3;6-8H,4-5H2,1-3H3. The van der Waals surface area contributed by atoms with Crippen LogP contribution in [0.25, 0.3) is 11.0 Å². The fraction of sp³-hybridized carbons (Fsp3) is 0.464. The minimum absolute atomic E-state index is 0.0348. The zero-order valence-electron chi connectivity index (χ0n) is 23.2. The fourth-order valence-corrected chi connectivity index (χ4v) is 4.34. The molecule has 0 aliphatic carbocycles. The molecule has 3 aromatic rings. The van der Waals surface area contributed by atoms with Crippen LogP contribution < -0.4 is 15.5 Å². The Bertz CT molecular complexity index is 1240. The first-order valence-electron chi connectivity index (χ1n) is 12.9. The van der Waals surface area contributed by atoms with Gasteiger partial charge < -0.3 is 24.9 Å². The van der Waals surface area contributed by atoms with Crippen LogP contribution in [0.1, 0.15) is 36.2 Å². The number of nitrogens with zero attached hydrogens (tertiary/aromatic N) is 4. The number of aromatic nitrogens is 1. The van der Waals surface area contributed by atoms with Crippen LogP contribution in [0.15, 0.2) is 34.9 Å². The molecule has 1 amide bonds. The van der Waals surface area contributed by atoms with Gasteiger partial charge in [0.1, 0.15) is 12.1 Å². The van der Waals surface area contributed by atoms with Crippen LogP contribution in [0.2, 0.25) is 0 Å². The SMILES string of the molecule is CNCCNC(C)C.Cc1cc2onc(C)c2cc1N(CC=O)CC(=O)N(C)N1Cc2ccc(F)cc2C1. The molecule has 0 radical (unpaired) electrons. The molecule has 2 aromatic carbocycles. The van der Waals surface area contributed by atoms with Crippen molar-refractivity contribution in [2.75, 3.05) is 45.2 Å².